The molecule has 0 aliphatic heterocycles. The molecule has 0 bridgehead atoms. The van der Waals surface area contributed by atoms with E-state index in [0.29, 0.717) is 19.2 Å². The van der Waals surface area contributed by atoms with Gasteiger partial charge in [0.15, 0.2) is 5.75 Å². The molecule has 0 saturated carbocycles. The molecular weight excluding hydrogens is 190 g/mol. The van der Waals surface area contributed by atoms with Crippen LogP contribution in [-0.4, -0.2) is 22.9 Å². The predicted molar refractivity (Wildman–Crippen MR) is 61.3 cm³/mol. The number of aryl methyl sites for hydroxylation is 1. The van der Waals surface area contributed by atoms with Crippen LogP contribution in [0.25, 0.3) is 0 Å². The Morgan fingerprint density at radius 3 is 2.53 bits per heavy atom. The molecule has 1 heterocycles. The number of rotatable bonds is 5. The minimum atomic E-state index is 0.371. The summed E-state index contributed by atoms with van der Waals surface area (Å²) < 4.78 is 7.67. The molecule has 0 unspecified atom stereocenters. The summed E-state index contributed by atoms with van der Waals surface area (Å²) in [6.45, 7) is 9.58. The molecule has 0 aliphatic rings. The maximum atomic E-state index is 5.68. The first kappa shape index (κ1) is 12.0. The van der Waals surface area contributed by atoms with Crippen LogP contribution in [0.15, 0.2) is 0 Å². The van der Waals surface area contributed by atoms with Gasteiger partial charge in [0.05, 0.1) is 12.3 Å². The van der Waals surface area contributed by atoms with Gasteiger partial charge in [-0.05, 0) is 40.7 Å². The maximum Gasteiger partial charge on any atom is 0.162 e. The second kappa shape index (κ2) is 5.16. The summed E-state index contributed by atoms with van der Waals surface area (Å²) in [6.07, 6.45) is 0.881. The zero-order valence-electron chi connectivity index (χ0n) is 10.1. The topological polar surface area (TPSA) is 53.1 Å². The van der Waals surface area contributed by atoms with Crippen LogP contribution in [0.3, 0.4) is 0 Å². The average molecular weight is 211 g/mol. The third kappa shape index (κ3) is 2.72. The first-order chi connectivity index (χ1) is 7.07. The Bertz CT molecular complexity index is 318. The molecule has 0 saturated heterocycles. The normalized spacial score (nSPS) is 11.1. The van der Waals surface area contributed by atoms with Gasteiger partial charge >= 0.3 is 0 Å². The van der Waals surface area contributed by atoms with E-state index in [0.717, 1.165) is 23.6 Å². The smallest absolute Gasteiger partial charge is 0.162 e. The van der Waals surface area contributed by atoms with Crippen molar-refractivity contribution in [3.05, 3.63) is 11.4 Å². The van der Waals surface area contributed by atoms with Crippen LogP contribution in [-0.2, 0) is 0 Å². The molecule has 0 aliphatic carbocycles. The molecule has 4 heteroatoms. The van der Waals surface area contributed by atoms with Gasteiger partial charge in [-0.2, -0.15) is 5.10 Å². The van der Waals surface area contributed by atoms with Crippen LogP contribution >= 0.6 is 0 Å². The van der Waals surface area contributed by atoms with E-state index in [-0.39, 0.29) is 0 Å². The number of hydrogen-bond acceptors (Lipinski definition) is 3. The van der Waals surface area contributed by atoms with Crippen LogP contribution < -0.4 is 10.5 Å². The van der Waals surface area contributed by atoms with Crippen molar-refractivity contribution in [3.63, 3.8) is 0 Å². The van der Waals surface area contributed by atoms with Crippen molar-refractivity contribution in [2.24, 2.45) is 5.73 Å². The minimum absolute atomic E-state index is 0.371. The van der Waals surface area contributed by atoms with E-state index >= 15 is 0 Å². The highest BCUT2D eigenvalue weighted by Gasteiger charge is 2.14. The van der Waals surface area contributed by atoms with Gasteiger partial charge in [0.1, 0.15) is 5.69 Å². The summed E-state index contributed by atoms with van der Waals surface area (Å²) in [5, 5.41) is 4.45. The minimum Gasteiger partial charge on any atom is -0.490 e. The van der Waals surface area contributed by atoms with E-state index in [4.69, 9.17) is 10.5 Å². The molecule has 0 amide bonds. The van der Waals surface area contributed by atoms with Crippen LogP contribution in [0.5, 0.6) is 5.75 Å². The van der Waals surface area contributed by atoms with Gasteiger partial charge in [-0.1, -0.05) is 0 Å². The summed E-state index contributed by atoms with van der Waals surface area (Å²) >= 11 is 0. The fraction of sp³-hybridized carbons (Fsp3) is 0.727. The first-order valence-corrected chi connectivity index (χ1v) is 5.46. The Morgan fingerprint density at radius 1 is 1.40 bits per heavy atom. The van der Waals surface area contributed by atoms with Crippen molar-refractivity contribution in [2.45, 2.75) is 40.2 Å². The van der Waals surface area contributed by atoms with Gasteiger partial charge in [0.25, 0.3) is 0 Å². The van der Waals surface area contributed by atoms with E-state index in [1.54, 1.807) is 0 Å². The Kier molecular flexibility index (Phi) is 4.15. The Balaban J connectivity index is 2.79. The van der Waals surface area contributed by atoms with Crippen molar-refractivity contribution in [1.82, 2.24) is 9.78 Å². The van der Waals surface area contributed by atoms with Gasteiger partial charge in [-0.15, -0.1) is 0 Å². The molecular formula is C11H21N3O. The average Bonchev–Trinajstić information content (AvgIpc) is 2.45. The SMILES string of the molecule is Cc1nn(C(C)C)c(C)c1OCCCN. The highest BCUT2D eigenvalue weighted by atomic mass is 16.5. The van der Waals surface area contributed by atoms with Crippen LogP contribution in [0.2, 0.25) is 0 Å². The molecule has 1 rings (SSSR count). The molecule has 1 aromatic heterocycles. The molecule has 2 N–H and O–H groups in total. The lowest BCUT2D eigenvalue weighted by Crippen LogP contribution is -2.07. The van der Waals surface area contributed by atoms with Crippen LogP contribution in [0.1, 0.15) is 37.7 Å². The first-order valence-electron chi connectivity index (χ1n) is 5.46. The van der Waals surface area contributed by atoms with Gasteiger partial charge in [-0.3, -0.25) is 4.68 Å². The molecule has 86 valence electrons. The van der Waals surface area contributed by atoms with Crippen molar-refractivity contribution >= 4 is 0 Å². The van der Waals surface area contributed by atoms with Crippen molar-refractivity contribution in [1.29, 1.82) is 0 Å². The maximum absolute atomic E-state index is 5.68. The quantitative estimate of drug-likeness (QED) is 0.756. The number of ether oxygens (including phenoxy) is 1. The standard InChI is InChI=1S/C11H21N3O/c1-8(2)14-10(4)11(9(3)13-14)15-7-5-6-12/h8H,5-7,12H2,1-4H3. The molecule has 0 aromatic carbocycles. The summed E-state index contributed by atoms with van der Waals surface area (Å²) in [5.41, 5.74) is 7.47. The molecule has 4 nitrogen and oxygen atoms in total. The fourth-order valence-corrected chi connectivity index (χ4v) is 1.62. The van der Waals surface area contributed by atoms with Crippen LogP contribution in [0, 0.1) is 13.8 Å². The predicted octanol–water partition coefficient (Wildman–Crippen LogP) is 1.81. The third-order valence-corrected chi connectivity index (χ3v) is 2.34. The summed E-state index contributed by atoms with van der Waals surface area (Å²) in [6, 6.07) is 0.371. The number of hydrogen-bond donors (Lipinski definition) is 1. The second-order valence-corrected chi connectivity index (χ2v) is 4.03. The fourth-order valence-electron chi connectivity index (χ4n) is 1.62. The van der Waals surface area contributed by atoms with Gasteiger partial charge in [0.2, 0.25) is 0 Å². The number of nitrogens with zero attached hydrogens (tertiary/aromatic N) is 2. The molecule has 0 spiro atoms. The summed E-state index contributed by atoms with van der Waals surface area (Å²) in [7, 11) is 0. The zero-order valence-corrected chi connectivity index (χ0v) is 10.1. The van der Waals surface area contributed by atoms with E-state index in [2.05, 4.69) is 18.9 Å². The van der Waals surface area contributed by atoms with Gasteiger partial charge in [-0.25, -0.2) is 0 Å². The largest absolute Gasteiger partial charge is 0.490 e. The summed E-state index contributed by atoms with van der Waals surface area (Å²) in [4.78, 5) is 0. The van der Waals surface area contributed by atoms with E-state index < -0.39 is 0 Å². The lowest BCUT2D eigenvalue weighted by Gasteiger charge is -2.09. The third-order valence-electron chi connectivity index (χ3n) is 2.34. The van der Waals surface area contributed by atoms with Crippen molar-refractivity contribution in [2.75, 3.05) is 13.2 Å². The lowest BCUT2D eigenvalue weighted by atomic mass is 10.3. The molecule has 15 heavy (non-hydrogen) atoms. The molecule has 0 radical (unpaired) electrons. The molecule has 0 atom stereocenters. The Labute approximate surface area is 91.4 Å². The Hall–Kier alpha value is -1.03. The molecule has 0 fully saturated rings. The van der Waals surface area contributed by atoms with Crippen molar-refractivity contribution < 1.29 is 4.74 Å². The molecule has 1 aromatic rings. The summed E-state index contributed by atoms with van der Waals surface area (Å²) in [5.74, 6) is 0.914. The number of aromatic nitrogens is 2. The van der Waals surface area contributed by atoms with E-state index in [1.165, 1.54) is 0 Å². The highest BCUT2D eigenvalue weighted by Crippen LogP contribution is 2.24. The van der Waals surface area contributed by atoms with Gasteiger partial charge in [0, 0.05) is 6.04 Å². The Morgan fingerprint density at radius 2 is 2.07 bits per heavy atom. The second-order valence-electron chi connectivity index (χ2n) is 4.03. The van der Waals surface area contributed by atoms with E-state index in [1.807, 2.05) is 18.5 Å². The zero-order chi connectivity index (χ0) is 11.4. The lowest BCUT2D eigenvalue weighted by molar-refractivity contribution is 0.308. The monoisotopic (exact) mass is 211 g/mol. The highest BCUT2D eigenvalue weighted by molar-refractivity contribution is 5.32. The number of nitrogens with two attached hydrogens (primary N) is 1. The van der Waals surface area contributed by atoms with Crippen LogP contribution in [0.4, 0.5) is 0 Å². The van der Waals surface area contributed by atoms with Crippen molar-refractivity contribution in [3.8, 4) is 5.75 Å². The van der Waals surface area contributed by atoms with E-state index in [9.17, 15) is 0 Å². The van der Waals surface area contributed by atoms with Gasteiger partial charge < -0.3 is 10.5 Å².